The Kier molecular flexibility index (Phi) is 6.61. The zero-order valence-electron chi connectivity index (χ0n) is 17.4. The third-order valence-electron chi connectivity index (χ3n) is 5.41. The number of carbonyl (C=O) groups excluding carboxylic acids is 2. The Morgan fingerprint density at radius 2 is 1.31 bits per heavy atom. The van der Waals surface area contributed by atoms with Crippen LogP contribution in [0.4, 0.5) is 0 Å². The molecule has 1 N–H and O–H groups in total. The molecule has 32 heavy (non-hydrogen) atoms. The molecule has 0 aliphatic carbocycles. The van der Waals surface area contributed by atoms with Crippen molar-refractivity contribution in [1.29, 1.82) is 0 Å². The fraction of sp³-hybridized carbons (Fsp3) is 0.200. The first kappa shape index (κ1) is 21.7. The van der Waals surface area contributed by atoms with Crippen LogP contribution in [0, 0.1) is 0 Å². The van der Waals surface area contributed by atoms with Gasteiger partial charge < -0.3 is 19.6 Å². The molecule has 3 aromatic carbocycles. The van der Waals surface area contributed by atoms with E-state index >= 15 is 0 Å². The third kappa shape index (κ3) is 4.86. The first-order chi connectivity index (χ1) is 15.5. The van der Waals surface area contributed by atoms with Gasteiger partial charge in [0.05, 0.1) is 11.1 Å². The Balaban J connectivity index is 1.39. The van der Waals surface area contributed by atoms with Crippen LogP contribution < -0.4 is 4.74 Å². The van der Waals surface area contributed by atoms with Gasteiger partial charge in [0.15, 0.2) is 0 Å². The summed E-state index contributed by atoms with van der Waals surface area (Å²) in [5, 5.41) is 10.6. The summed E-state index contributed by atoms with van der Waals surface area (Å²) >= 11 is 5.93. The van der Waals surface area contributed by atoms with Crippen molar-refractivity contribution in [3.63, 3.8) is 0 Å². The fourth-order valence-electron chi connectivity index (χ4n) is 3.62. The van der Waals surface area contributed by atoms with Gasteiger partial charge >= 0.3 is 0 Å². The second kappa shape index (κ2) is 9.75. The number of rotatable bonds is 5. The minimum Gasteiger partial charge on any atom is -0.507 e. The monoisotopic (exact) mass is 450 g/mol. The predicted molar refractivity (Wildman–Crippen MR) is 122 cm³/mol. The Hall–Kier alpha value is -3.51. The number of hydrogen-bond donors (Lipinski definition) is 1. The molecule has 0 saturated carbocycles. The Morgan fingerprint density at radius 1 is 0.781 bits per heavy atom. The number of benzene rings is 3. The number of phenols is 1. The number of phenolic OH excluding ortho intramolecular Hbond substituents is 1. The second-order valence-electron chi connectivity index (χ2n) is 7.51. The standard InChI is InChI=1S/C25H23ClN2O4/c26-19-11-9-18(10-12-19)17-32-23-8-4-2-6-21(23)25(31)28-15-13-27(14-16-28)24(30)20-5-1-3-7-22(20)29/h1-12,29H,13-17H2. The molecule has 0 aromatic heterocycles. The number of aromatic hydroxyl groups is 1. The molecular weight excluding hydrogens is 428 g/mol. The van der Waals surface area contributed by atoms with E-state index in [1.54, 1.807) is 58.3 Å². The maximum atomic E-state index is 13.2. The van der Waals surface area contributed by atoms with Crippen LogP contribution in [0.5, 0.6) is 11.5 Å². The van der Waals surface area contributed by atoms with Crippen LogP contribution in [0.25, 0.3) is 0 Å². The van der Waals surface area contributed by atoms with Gasteiger partial charge in [-0.05, 0) is 42.0 Å². The Labute approximate surface area is 191 Å². The van der Waals surface area contributed by atoms with E-state index in [4.69, 9.17) is 16.3 Å². The van der Waals surface area contributed by atoms with Gasteiger partial charge in [0.25, 0.3) is 11.8 Å². The molecule has 4 rings (SSSR count). The number of hydrogen-bond acceptors (Lipinski definition) is 4. The molecule has 164 valence electrons. The first-order valence-electron chi connectivity index (χ1n) is 10.4. The summed E-state index contributed by atoms with van der Waals surface area (Å²) in [4.78, 5) is 29.2. The van der Waals surface area contributed by atoms with Crippen molar-refractivity contribution < 1.29 is 19.4 Å². The summed E-state index contributed by atoms with van der Waals surface area (Å²) in [6.45, 7) is 1.93. The summed E-state index contributed by atoms with van der Waals surface area (Å²) in [6.07, 6.45) is 0. The maximum Gasteiger partial charge on any atom is 0.257 e. The van der Waals surface area contributed by atoms with Crippen molar-refractivity contribution in [3.8, 4) is 11.5 Å². The molecule has 6 nitrogen and oxygen atoms in total. The molecule has 1 fully saturated rings. The van der Waals surface area contributed by atoms with Crippen molar-refractivity contribution in [2.75, 3.05) is 26.2 Å². The average Bonchev–Trinajstić information content (AvgIpc) is 2.83. The molecule has 0 bridgehead atoms. The summed E-state index contributed by atoms with van der Waals surface area (Å²) in [6, 6.07) is 21.0. The first-order valence-corrected chi connectivity index (χ1v) is 10.7. The van der Waals surface area contributed by atoms with Crippen molar-refractivity contribution >= 4 is 23.4 Å². The highest BCUT2D eigenvalue weighted by atomic mass is 35.5. The highest BCUT2D eigenvalue weighted by Crippen LogP contribution is 2.23. The molecule has 0 spiro atoms. The molecule has 1 aliphatic heterocycles. The van der Waals surface area contributed by atoms with Crippen LogP contribution in [0.3, 0.4) is 0 Å². The zero-order chi connectivity index (χ0) is 22.5. The summed E-state index contributed by atoms with van der Waals surface area (Å²) < 4.78 is 5.92. The number of ether oxygens (including phenoxy) is 1. The number of piperazine rings is 1. The lowest BCUT2D eigenvalue weighted by Gasteiger charge is -2.35. The summed E-state index contributed by atoms with van der Waals surface area (Å²) in [5.74, 6) is 0.108. The number of carbonyl (C=O) groups is 2. The highest BCUT2D eigenvalue weighted by Gasteiger charge is 2.27. The number of halogens is 1. The van der Waals surface area contributed by atoms with Crippen molar-refractivity contribution in [2.24, 2.45) is 0 Å². The topological polar surface area (TPSA) is 70.1 Å². The van der Waals surface area contributed by atoms with E-state index in [2.05, 4.69) is 0 Å². The van der Waals surface area contributed by atoms with Crippen molar-refractivity contribution in [2.45, 2.75) is 6.61 Å². The van der Waals surface area contributed by atoms with E-state index in [1.165, 1.54) is 6.07 Å². The van der Waals surface area contributed by atoms with Gasteiger partial charge in [-0.1, -0.05) is 48.0 Å². The Bertz CT molecular complexity index is 1110. The van der Waals surface area contributed by atoms with Gasteiger partial charge in [-0.3, -0.25) is 9.59 Å². The van der Waals surface area contributed by atoms with E-state index < -0.39 is 0 Å². The molecule has 1 heterocycles. The smallest absolute Gasteiger partial charge is 0.257 e. The number of nitrogens with zero attached hydrogens (tertiary/aromatic N) is 2. The lowest BCUT2D eigenvalue weighted by atomic mass is 10.1. The van der Waals surface area contributed by atoms with Gasteiger partial charge in [-0.2, -0.15) is 0 Å². The molecular formula is C25H23ClN2O4. The minimum atomic E-state index is -0.234. The quantitative estimate of drug-likeness (QED) is 0.631. The predicted octanol–water partition coefficient (Wildman–Crippen LogP) is 4.22. The third-order valence-corrected chi connectivity index (χ3v) is 5.67. The van der Waals surface area contributed by atoms with E-state index in [-0.39, 0.29) is 23.1 Å². The molecule has 7 heteroatoms. The van der Waals surface area contributed by atoms with E-state index in [1.807, 2.05) is 18.2 Å². The number of para-hydroxylation sites is 2. The van der Waals surface area contributed by atoms with Gasteiger partial charge in [0, 0.05) is 31.2 Å². The molecule has 0 radical (unpaired) electrons. The second-order valence-corrected chi connectivity index (χ2v) is 7.95. The van der Waals surface area contributed by atoms with E-state index in [9.17, 15) is 14.7 Å². The SMILES string of the molecule is O=C(c1ccccc1O)N1CCN(C(=O)c2ccccc2OCc2ccc(Cl)cc2)CC1. The molecule has 0 unspecified atom stereocenters. The normalized spacial score (nSPS) is 13.7. The largest absolute Gasteiger partial charge is 0.507 e. The molecule has 3 aromatic rings. The molecule has 0 atom stereocenters. The Morgan fingerprint density at radius 3 is 1.94 bits per heavy atom. The van der Waals surface area contributed by atoms with Crippen molar-refractivity contribution in [3.05, 3.63) is 94.5 Å². The van der Waals surface area contributed by atoms with Gasteiger partial charge in [0.1, 0.15) is 18.1 Å². The lowest BCUT2D eigenvalue weighted by molar-refractivity contribution is 0.0531. The van der Waals surface area contributed by atoms with Crippen LogP contribution >= 0.6 is 11.6 Å². The van der Waals surface area contributed by atoms with Gasteiger partial charge in [-0.15, -0.1) is 0 Å². The number of amides is 2. The van der Waals surface area contributed by atoms with Crippen LogP contribution in [0.2, 0.25) is 5.02 Å². The lowest BCUT2D eigenvalue weighted by Crippen LogP contribution is -2.50. The molecule has 1 aliphatic rings. The van der Waals surface area contributed by atoms with Crippen LogP contribution in [0.15, 0.2) is 72.8 Å². The van der Waals surface area contributed by atoms with E-state index in [0.29, 0.717) is 49.1 Å². The van der Waals surface area contributed by atoms with Gasteiger partial charge in [-0.25, -0.2) is 0 Å². The summed E-state index contributed by atoms with van der Waals surface area (Å²) in [7, 11) is 0. The van der Waals surface area contributed by atoms with Gasteiger partial charge in [0.2, 0.25) is 0 Å². The fourth-order valence-corrected chi connectivity index (χ4v) is 3.74. The van der Waals surface area contributed by atoms with Crippen LogP contribution in [-0.2, 0) is 6.61 Å². The average molecular weight is 451 g/mol. The van der Waals surface area contributed by atoms with Crippen LogP contribution in [0.1, 0.15) is 26.3 Å². The van der Waals surface area contributed by atoms with Crippen molar-refractivity contribution in [1.82, 2.24) is 9.80 Å². The maximum absolute atomic E-state index is 13.2. The van der Waals surface area contributed by atoms with E-state index in [0.717, 1.165) is 5.56 Å². The zero-order valence-corrected chi connectivity index (χ0v) is 18.2. The van der Waals surface area contributed by atoms with Crippen LogP contribution in [-0.4, -0.2) is 52.9 Å². The highest BCUT2D eigenvalue weighted by molar-refractivity contribution is 6.30. The molecule has 2 amide bonds. The minimum absolute atomic E-state index is 0.0391. The molecule has 1 saturated heterocycles. The summed E-state index contributed by atoms with van der Waals surface area (Å²) in [5.41, 5.74) is 1.71.